The molecule has 9 rings (SSSR count). The third-order valence-corrected chi connectivity index (χ3v) is 18.7. The van der Waals surface area contributed by atoms with Gasteiger partial charge in [-0.3, -0.25) is 18.2 Å². The maximum atomic E-state index is 13.0. The molecule has 0 aliphatic carbocycles. The van der Waals surface area contributed by atoms with E-state index < -0.39 is 52.4 Å². The molecule has 0 unspecified atom stereocenters. The van der Waals surface area contributed by atoms with E-state index in [0.29, 0.717) is 83.5 Å². The number of hydrogen-bond donors (Lipinski definition) is 0. The first-order chi connectivity index (χ1) is 35.7. The van der Waals surface area contributed by atoms with Gasteiger partial charge in [-0.1, -0.05) is 24.2 Å². The molecule has 4 aromatic heterocycles. The van der Waals surface area contributed by atoms with Gasteiger partial charge in [-0.25, -0.2) is 16.8 Å². The van der Waals surface area contributed by atoms with Gasteiger partial charge in [0, 0.05) is 70.9 Å². The van der Waals surface area contributed by atoms with Crippen LogP contribution in [0.3, 0.4) is 0 Å². The Kier molecular flexibility index (Phi) is 16.3. The summed E-state index contributed by atoms with van der Waals surface area (Å²) in [6, 6.07) is 6.60. The van der Waals surface area contributed by atoms with E-state index >= 15 is 0 Å². The third kappa shape index (κ3) is 11.3. The number of nitrogens with zero attached hydrogens (tertiary/aromatic N) is 4. The molecule has 0 bridgehead atoms. The minimum absolute atomic E-state index is 0.0998. The second kappa shape index (κ2) is 21.0. The highest BCUT2D eigenvalue weighted by Gasteiger charge is 2.64. The van der Waals surface area contributed by atoms with Crippen LogP contribution < -0.4 is 14.1 Å². The van der Waals surface area contributed by atoms with Crippen molar-refractivity contribution in [2.45, 2.75) is 157 Å². The van der Waals surface area contributed by atoms with Crippen molar-refractivity contribution in [2.24, 2.45) is 0 Å². The van der Waals surface area contributed by atoms with Crippen LogP contribution in [0.1, 0.15) is 142 Å². The van der Waals surface area contributed by atoms with Crippen LogP contribution in [0.2, 0.25) is 0 Å². The Morgan fingerprint density at radius 3 is 1.22 bits per heavy atom. The molecule has 78 heavy (non-hydrogen) atoms. The number of sulfonamides is 2. The first kappa shape index (κ1) is 60.8. The van der Waals surface area contributed by atoms with Crippen LogP contribution >= 0.6 is 15.9 Å². The number of rotatable bonds is 12. The fourth-order valence-corrected chi connectivity index (χ4v) is 10.3. The van der Waals surface area contributed by atoms with Crippen molar-refractivity contribution < 1.29 is 72.2 Å². The number of aryl methyl sites for hydroxylation is 2. The van der Waals surface area contributed by atoms with Crippen LogP contribution in [-0.2, 0) is 48.0 Å². The van der Waals surface area contributed by atoms with Crippen LogP contribution in [0.4, 0.5) is 11.4 Å². The standard InChI is InChI=1S/C23H29BN2O7S.C17H17BrN2O5S.C12H24B2O4/c1-9-17(27)19-14-10-15(24-32-22(3,4)23(5,6)33-24)16(26(7)34(8,28)29)11-18(14)31-21(19)20-13(2)12-30-25-20;1-5-13(21)15-10-6-11(18)12(20(3)26(4,22)23)7-14(10)25-17(15)16-9(2)8-24-19-16;1-9(2)10(3,4)16-13(15-9)14-17-11(5,6)12(7,8)18-14/h10-12H,9H2,1-8H3;6-8H,5H2,1-4H3;1-8H3. The summed E-state index contributed by atoms with van der Waals surface area (Å²) in [5.41, 5.74) is 2.33. The predicted octanol–water partition coefficient (Wildman–Crippen LogP) is 10.1. The Labute approximate surface area is 466 Å². The monoisotopic (exact) mass is 1180 g/mol. The molecule has 3 aliphatic heterocycles. The molecule has 3 fully saturated rings. The lowest BCUT2D eigenvalue weighted by atomic mass is 9.49. The molecule has 422 valence electrons. The van der Waals surface area contributed by atoms with Crippen molar-refractivity contribution in [3.63, 3.8) is 0 Å². The van der Waals surface area contributed by atoms with E-state index in [1.807, 2.05) is 83.1 Å². The number of halogens is 1. The van der Waals surface area contributed by atoms with Gasteiger partial charge in [0.15, 0.2) is 34.5 Å². The third-order valence-electron chi connectivity index (χ3n) is 15.7. The van der Waals surface area contributed by atoms with Gasteiger partial charge in [-0.15, -0.1) is 0 Å². The van der Waals surface area contributed by atoms with Gasteiger partial charge in [0.1, 0.15) is 23.7 Å². The molecule has 3 saturated heterocycles. The molecule has 0 atom stereocenters. The van der Waals surface area contributed by atoms with Crippen LogP contribution in [-0.4, -0.2) is 120 Å². The largest absolute Gasteiger partial charge is 0.497 e. The molecule has 26 heteroatoms. The van der Waals surface area contributed by atoms with E-state index in [1.165, 1.54) is 26.6 Å². The second-order valence-electron chi connectivity index (χ2n) is 22.9. The Morgan fingerprint density at radius 1 is 0.551 bits per heavy atom. The first-order valence-electron chi connectivity index (χ1n) is 25.4. The highest BCUT2D eigenvalue weighted by Crippen LogP contribution is 2.45. The molecule has 0 spiro atoms. The number of anilines is 2. The zero-order valence-corrected chi connectivity index (χ0v) is 51.3. The summed E-state index contributed by atoms with van der Waals surface area (Å²) in [4.78, 5) is 25.6. The maximum absolute atomic E-state index is 13.0. The molecular formula is C52H70B3BrN4O16S2. The van der Waals surface area contributed by atoms with E-state index in [2.05, 4.69) is 26.2 Å². The zero-order valence-electron chi connectivity index (χ0n) is 48.1. The van der Waals surface area contributed by atoms with Crippen LogP contribution in [0.25, 0.3) is 44.8 Å². The molecule has 20 nitrogen and oxygen atoms in total. The Hall–Kier alpha value is -4.79. The number of ketones is 2. The lowest BCUT2D eigenvalue weighted by Crippen LogP contribution is -2.41. The van der Waals surface area contributed by atoms with E-state index in [4.69, 9.17) is 45.8 Å². The van der Waals surface area contributed by atoms with Gasteiger partial charge in [-0.2, -0.15) is 0 Å². The summed E-state index contributed by atoms with van der Waals surface area (Å²) in [5, 5.41) is 9.07. The molecular weight excluding hydrogens is 1110 g/mol. The Bertz CT molecular complexity index is 3440. The molecule has 7 heterocycles. The number of furan rings is 2. The smallest absolute Gasteiger partial charge is 0.453 e. The van der Waals surface area contributed by atoms with Crippen LogP contribution in [0, 0.1) is 13.8 Å². The number of benzene rings is 2. The lowest BCUT2D eigenvalue weighted by molar-refractivity contribution is 0.00578. The number of fused-ring (bicyclic) bond motifs is 2. The second-order valence-corrected chi connectivity index (χ2v) is 27.7. The van der Waals surface area contributed by atoms with E-state index in [1.54, 1.807) is 52.0 Å². The summed E-state index contributed by atoms with van der Waals surface area (Å²) >= 11 is 3.39. The van der Waals surface area contributed by atoms with Crippen molar-refractivity contribution >= 4 is 107 Å². The number of carbonyl (C=O) groups excluding carboxylic acids is 2. The topological polar surface area (TPSA) is 243 Å². The fraction of sp³-hybridized carbons (Fsp3) is 0.538. The van der Waals surface area contributed by atoms with Crippen molar-refractivity contribution in [1.82, 2.24) is 10.3 Å². The van der Waals surface area contributed by atoms with Crippen molar-refractivity contribution in [3.8, 4) is 22.9 Å². The van der Waals surface area contributed by atoms with Crippen molar-refractivity contribution in [3.05, 3.63) is 63.5 Å². The molecule has 2 aromatic carbocycles. The molecule has 0 radical (unpaired) electrons. The van der Waals surface area contributed by atoms with E-state index in [0.717, 1.165) is 26.7 Å². The van der Waals surface area contributed by atoms with Gasteiger partial charge in [0.2, 0.25) is 20.0 Å². The van der Waals surface area contributed by atoms with Gasteiger partial charge in [-0.05, 0) is 125 Å². The number of carbonyl (C=O) groups is 2. The zero-order chi connectivity index (χ0) is 58.4. The minimum atomic E-state index is -3.62. The molecule has 3 aliphatic rings. The minimum Gasteiger partial charge on any atom is -0.453 e. The SMILES string of the molecule is CC1(C)OB(B2OC(C)(C)C(C)(C)O2)OC1(C)C.CCC(=O)c1c(-c2nocc2C)oc2cc(N(C)S(C)(=O)=O)c(B3OC(C)(C)C(C)(C)O3)cc12.CCC(=O)c1c(-c2nocc2C)oc2cc(N(C)S(C)(=O)=O)c(Br)cc12. The maximum Gasteiger partial charge on any atom is 0.497 e. The molecule has 0 amide bonds. The first-order valence-corrected chi connectivity index (χ1v) is 29.9. The van der Waals surface area contributed by atoms with E-state index in [9.17, 15) is 26.4 Å². The van der Waals surface area contributed by atoms with Crippen LogP contribution in [0.15, 0.2) is 59.1 Å². The molecule has 6 aromatic rings. The van der Waals surface area contributed by atoms with Crippen molar-refractivity contribution in [1.29, 1.82) is 0 Å². The molecule has 0 saturated carbocycles. The van der Waals surface area contributed by atoms with Crippen molar-refractivity contribution in [2.75, 3.05) is 35.2 Å². The van der Waals surface area contributed by atoms with Gasteiger partial charge < -0.3 is 45.8 Å². The fourth-order valence-electron chi connectivity index (χ4n) is 8.54. The van der Waals surface area contributed by atoms with Gasteiger partial charge >= 0.3 is 21.1 Å². The van der Waals surface area contributed by atoms with Gasteiger partial charge in [0.25, 0.3) is 0 Å². The highest BCUT2D eigenvalue weighted by molar-refractivity contribution is 9.10. The normalized spacial score (nSPS) is 19.0. The highest BCUT2D eigenvalue weighted by atomic mass is 79.9. The lowest BCUT2D eigenvalue weighted by Gasteiger charge is -2.32. The quantitative estimate of drug-likeness (QED) is 0.0817. The summed E-state index contributed by atoms with van der Waals surface area (Å²) < 4.78 is 110. The predicted molar refractivity (Wildman–Crippen MR) is 304 cm³/mol. The number of Topliss-reactive ketones (excluding diaryl/α,β-unsaturated/α-hetero) is 2. The molecule has 0 N–H and O–H groups in total. The number of hydrogen-bond acceptors (Lipinski definition) is 18. The average molecular weight is 1180 g/mol. The van der Waals surface area contributed by atoms with Crippen LogP contribution in [0.5, 0.6) is 0 Å². The summed E-state index contributed by atoms with van der Waals surface area (Å²) in [7, 11) is -5.98. The summed E-state index contributed by atoms with van der Waals surface area (Å²) in [5.74, 6) is 0.369. The number of aromatic nitrogens is 2. The average Bonchev–Trinajstić information content (AvgIpc) is 4.20. The summed E-state index contributed by atoms with van der Waals surface area (Å²) in [6.07, 6.45) is 5.71. The Morgan fingerprint density at radius 2 is 0.885 bits per heavy atom. The van der Waals surface area contributed by atoms with E-state index in [-0.39, 0.29) is 46.2 Å². The van der Waals surface area contributed by atoms with Gasteiger partial charge in [0.05, 0.1) is 68.6 Å². The Balaban J connectivity index is 0.000000178. The summed E-state index contributed by atoms with van der Waals surface area (Å²) in [6.45, 7) is 31.0.